The number of piperidine rings is 1. The van der Waals surface area contributed by atoms with Gasteiger partial charge in [0, 0.05) is 25.5 Å². The van der Waals surface area contributed by atoms with E-state index < -0.39 is 6.17 Å². The lowest BCUT2D eigenvalue weighted by Gasteiger charge is -2.38. The molecule has 2 fully saturated rings. The quantitative estimate of drug-likeness (QED) is 0.721. The van der Waals surface area contributed by atoms with Crippen LogP contribution in [0.15, 0.2) is 0 Å². The molecule has 2 saturated heterocycles. The van der Waals surface area contributed by atoms with Crippen molar-refractivity contribution in [2.24, 2.45) is 11.8 Å². The minimum atomic E-state index is -0.664. The molecular weight excluding hydrogens is 205 g/mol. The van der Waals surface area contributed by atoms with Crippen LogP contribution < -0.4 is 0 Å². The van der Waals surface area contributed by atoms with Gasteiger partial charge in [-0.1, -0.05) is 13.8 Å². The smallest absolute Gasteiger partial charge is 0.107 e. The first kappa shape index (κ1) is 12.3. The highest BCUT2D eigenvalue weighted by atomic mass is 19.1. The van der Waals surface area contributed by atoms with Gasteiger partial charge in [-0.25, -0.2) is 4.39 Å². The summed E-state index contributed by atoms with van der Waals surface area (Å²) in [4.78, 5) is 2.44. The van der Waals surface area contributed by atoms with Crippen LogP contribution in [0.1, 0.15) is 33.1 Å². The number of alkyl halides is 1. The van der Waals surface area contributed by atoms with Crippen molar-refractivity contribution < 1.29 is 9.13 Å². The number of halogens is 1. The monoisotopic (exact) mass is 229 g/mol. The van der Waals surface area contributed by atoms with Crippen LogP contribution >= 0.6 is 0 Å². The summed E-state index contributed by atoms with van der Waals surface area (Å²) in [6.07, 6.45) is 2.58. The molecule has 0 saturated carbocycles. The summed E-state index contributed by atoms with van der Waals surface area (Å²) in [5.41, 5.74) is 0. The first-order chi connectivity index (χ1) is 7.66. The van der Waals surface area contributed by atoms with E-state index in [-0.39, 0.29) is 12.0 Å². The molecule has 0 aromatic heterocycles. The number of likely N-dealkylation sites (tertiary alicyclic amines) is 1. The topological polar surface area (TPSA) is 12.5 Å². The molecule has 2 aliphatic rings. The number of hydrogen-bond donors (Lipinski definition) is 0. The van der Waals surface area contributed by atoms with Crippen molar-refractivity contribution in [2.75, 3.05) is 26.2 Å². The molecule has 3 heteroatoms. The van der Waals surface area contributed by atoms with Gasteiger partial charge < -0.3 is 9.64 Å². The predicted octanol–water partition coefficient (Wildman–Crippen LogP) is 2.48. The van der Waals surface area contributed by atoms with Crippen molar-refractivity contribution in [1.82, 2.24) is 4.90 Å². The molecule has 0 bridgehead atoms. The van der Waals surface area contributed by atoms with Gasteiger partial charge in [-0.15, -0.1) is 0 Å². The molecule has 0 aromatic carbocycles. The van der Waals surface area contributed by atoms with Gasteiger partial charge in [-0.05, 0) is 31.8 Å². The fourth-order valence-electron chi connectivity index (χ4n) is 2.70. The molecule has 2 aliphatic heterocycles. The van der Waals surface area contributed by atoms with Crippen molar-refractivity contribution >= 4 is 0 Å². The lowest BCUT2D eigenvalue weighted by molar-refractivity contribution is -0.0749. The lowest BCUT2D eigenvalue weighted by Crippen LogP contribution is -2.46. The predicted molar refractivity (Wildman–Crippen MR) is 63.3 cm³/mol. The molecular formula is C13H24FNO. The Labute approximate surface area is 98.1 Å². The van der Waals surface area contributed by atoms with E-state index >= 15 is 0 Å². The third kappa shape index (κ3) is 2.95. The van der Waals surface area contributed by atoms with Crippen molar-refractivity contribution in [3.63, 3.8) is 0 Å². The molecule has 0 amide bonds. The van der Waals surface area contributed by atoms with Crippen LogP contribution in [0.3, 0.4) is 0 Å². The molecule has 0 N–H and O–H groups in total. The van der Waals surface area contributed by atoms with E-state index in [9.17, 15) is 4.39 Å². The van der Waals surface area contributed by atoms with Crippen molar-refractivity contribution in [3.05, 3.63) is 0 Å². The summed E-state index contributed by atoms with van der Waals surface area (Å²) < 4.78 is 19.3. The molecule has 94 valence electrons. The van der Waals surface area contributed by atoms with Crippen LogP contribution in [0.2, 0.25) is 0 Å². The Morgan fingerprint density at radius 1 is 1.19 bits per heavy atom. The van der Waals surface area contributed by atoms with Crippen LogP contribution in [-0.4, -0.2) is 43.4 Å². The Morgan fingerprint density at radius 2 is 1.88 bits per heavy atom. The van der Waals surface area contributed by atoms with Gasteiger partial charge >= 0.3 is 0 Å². The number of nitrogens with zero attached hydrogens (tertiary/aromatic N) is 1. The SMILES string of the molecule is CC1CCN(CC2OCCC(F)C2C)CC1. The Bertz CT molecular complexity index is 216. The van der Waals surface area contributed by atoms with Crippen LogP contribution in [0.4, 0.5) is 4.39 Å². The van der Waals surface area contributed by atoms with Crippen LogP contribution in [0, 0.1) is 11.8 Å². The Morgan fingerprint density at radius 3 is 2.56 bits per heavy atom. The maximum Gasteiger partial charge on any atom is 0.107 e. The minimum Gasteiger partial charge on any atom is -0.376 e. The maximum absolute atomic E-state index is 13.5. The third-order valence-corrected chi connectivity index (χ3v) is 4.20. The van der Waals surface area contributed by atoms with E-state index in [0.717, 1.165) is 25.6 Å². The van der Waals surface area contributed by atoms with Gasteiger partial charge in [0.15, 0.2) is 0 Å². The molecule has 2 heterocycles. The second-order valence-electron chi connectivity index (χ2n) is 5.56. The summed E-state index contributed by atoms with van der Waals surface area (Å²) in [6, 6.07) is 0. The van der Waals surface area contributed by atoms with Crippen molar-refractivity contribution in [2.45, 2.75) is 45.4 Å². The largest absolute Gasteiger partial charge is 0.376 e. The van der Waals surface area contributed by atoms with Crippen molar-refractivity contribution in [1.29, 1.82) is 0 Å². The Kier molecular flexibility index (Phi) is 4.20. The fraction of sp³-hybridized carbons (Fsp3) is 1.00. The average Bonchev–Trinajstić information content (AvgIpc) is 2.28. The second-order valence-corrected chi connectivity index (χ2v) is 5.56. The summed E-state index contributed by atoms with van der Waals surface area (Å²) in [6.45, 7) is 8.14. The first-order valence-corrected chi connectivity index (χ1v) is 6.65. The maximum atomic E-state index is 13.5. The summed E-state index contributed by atoms with van der Waals surface area (Å²) in [7, 11) is 0. The van der Waals surface area contributed by atoms with Gasteiger partial charge in [-0.3, -0.25) is 0 Å². The van der Waals surface area contributed by atoms with E-state index in [1.807, 2.05) is 6.92 Å². The molecule has 0 aromatic rings. The van der Waals surface area contributed by atoms with Crippen LogP contribution in [0.25, 0.3) is 0 Å². The summed E-state index contributed by atoms with van der Waals surface area (Å²) in [5, 5.41) is 0. The van der Waals surface area contributed by atoms with E-state index in [1.54, 1.807) is 0 Å². The normalized spacial score (nSPS) is 38.8. The van der Waals surface area contributed by atoms with E-state index in [4.69, 9.17) is 4.74 Å². The van der Waals surface area contributed by atoms with Crippen molar-refractivity contribution in [3.8, 4) is 0 Å². The highest BCUT2D eigenvalue weighted by molar-refractivity contribution is 4.82. The molecule has 0 spiro atoms. The molecule has 16 heavy (non-hydrogen) atoms. The molecule has 3 atom stereocenters. The zero-order valence-electron chi connectivity index (χ0n) is 10.5. The van der Waals surface area contributed by atoms with Crippen LogP contribution in [-0.2, 0) is 4.74 Å². The summed E-state index contributed by atoms with van der Waals surface area (Å²) in [5.74, 6) is 0.919. The molecule has 2 nitrogen and oxygen atoms in total. The number of hydrogen-bond acceptors (Lipinski definition) is 2. The molecule has 0 radical (unpaired) electrons. The first-order valence-electron chi connectivity index (χ1n) is 6.65. The van der Waals surface area contributed by atoms with Gasteiger partial charge in [0.2, 0.25) is 0 Å². The highest BCUT2D eigenvalue weighted by Crippen LogP contribution is 2.25. The summed E-state index contributed by atoms with van der Waals surface area (Å²) >= 11 is 0. The fourth-order valence-corrected chi connectivity index (χ4v) is 2.70. The molecule has 2 rings (SSSR count). The van der Waals surface area contributed by atoms with Gasteiger partial charge in [0.05, 0.1) is 6.10 Å². The van der Waals surface area contributed by atoms with Gasteiger partial charge in [0.25, 0.3) is 0 Å². The van der Waals surface area contributed by atoms with Gasteiger partial charge in [0.1, 0.15) is 6.17 Å². The number of rotatable bonds is 2. The van der Waals surface area contributed by atoms with E-state index in [1.165, 1.54) is 12.8 Å². The Balaban J connectivity index is 1.80. The van der Waals surface area contributed by atoms with E-state index in [0.29, 0.717) is 13.0 Å². The standard InChI is InChI=1S/C13H24FNO/c1-10-3-6-15(7-4-10)9-13-11(2)12(14)5-8-16-13/h10-13H,3-9H2,1-2H3. The molecule has 0 aliphatic carbocycles. The van der Waals surface area contributed by atoms with E-state index in [2.05, 4.69) is 11.8 Å². The second kappa shape index (κ2) is 5.46. The zero-order chi connectivity index (χ0) is 11.5. The minimum absolute atomic E-state index is 0.0631. The highest BCUT2D eigenvalue weighted by Gasteiger charge is 2.32. The molecule has 3 unspecified atom stereocenters. The zero-order valence-corrected chi connectivity index (χ0v) is 10.5. The number of ether oxygens (including phenoxy) is 1. The Hall–Kier alpha value is -0.150. The van der Waals surface area contributed by atoms with Crippen LogP contribution in [0.5, 0.6) is 0 Å². The lowest BCUT2D eigenvalue weighted by atomic mass is 9.92. The third-order valence-electron chi connectivity index (χ3n) is 4.20. The average molecular weight is 229 g/mol. The van der Waals surface area contributed by atoms with Gasteiger partial charge in [-0.2, -0.15) is 0 Å².